The zero-order chi connectivity index (χ0) is 28.3. The van der Waals surface area contributed by atoms with Gasteiger partial charge in [-0.1, -0.05) is 79.4 Å². The van der Waals surface area contributed by atoms with Crippen LogP contribution in [0.1, 0.15) is 24.3 Å². The summed E-state index contributed by atoms with van der Waals surface area (Å²) in [7, 11) is 0. The first kappa shape index (κ1) is 29.4. The summed E-state index contributed by atoms with van der Waals surface area (Å²) in [4.78, 5) is 25.6. The highest BCUT2D eigenvalue weighted by Crippen LogP contribution is 2.36. The van der Waals surface area contributed by atoms with Gasteiger partial charge in [-0.15, -0.1) is 6.58 Å². The van der Waals surface area contributed by atoms with Crippen molar-refractivity contribution >= 4 is 12.1 Å². The average Bonchev–Trinajstić information content (AvgIpc) is 2.99. The normalized spacial score (nSPS) is 26.5. The van der Waals surface area contributed by atoms with Gasteiger partial charge in [-0.25, -0.2) is 9.59 Å². The smallest absolute Gasteiger partial charge is 0.407 e. The third-order valence-electron chi connectivity index (χ3n) is 6.32. The second-order valence-corrected chi connectivity index (χ2v) is 9.24. The van der Waals surface area contributed by atoms with Gasteiger partial charge >= 0.3 is 12.1 Å². The van der Waals surface area contributed by atoms with Crippen molar-refractivity contribution in [1.29, 1.82) is 0 Å². The molecule has 0 saturated carbocycles. The van der Waals surface area contributed by atoms with E-state index in [9.17, 15) is 9.59 Å². The van der Waals surface area contributed by atoms with Gasteiger partial charge in [-0.2, -0.15) is 0 Å². The van der Waals surface area contributed by atoms with Crippen molar-refractivity contribution in [3.8, 4) is 0 Å². The second-order valence-electron chi connectivity index (χ2n) is 9.24. The first-order valence-corrected chi connectivity index (χ1v) is 13.1. The summed E-state index contributed by atoms with van der Waals surface area (Å²) >= 11 is 0. The standard InChI is InChI=1S/C30H35NO9/c1-4-16-34-29-24(31-30(33)35-17-5-2)26(38-20(3)27(32)36-18-21-12-8-6-9-13-21)25-23(39-29)19-37-28(40-25)22-14-10-7-11-15-22/h4-15,20,23-26,28-29H,1-2,16-19H2,3H3,(H,31,33)/t20?,23-,24-,25-,26-,28?,29+/m1/s1. The number of carbonyl (C=O) groups excluding carboxylic acids is 2. The molecule has 2 aromatic rings. The third kappa shape index (κ3) is 7.77. The Morgan fingerprint density at radius 2 is 1.70 bits per heavy atom. The largest absolute Gasteiger partial charge is 0.459 e. The Hall–Kier alpha value is -3.54. The molecule has 10 heteroatoms. The maximum Gasteiger partial charge on any atom is 0.407 e. The van der Waals surface area contributed by atoms with E-state index >= 15 is 0 Å². The average molecular weight is 554 g/mol. The summed E-state index contributed by atoms with van der Waals surface area (Å²) in [6, 6.07) is 17.8. The molecule has 2 heterocycles. The van der Waals surface area contributed by atoms with Crippen molar-refractivity contribution in [3.05, 3.63) is 97.1 Å². The van der Waals surface area contributed by atoms with Gasteiger partial charge in [0.15, 0.2) is 18.7 Å². The van der Waals surface area contributed by atoms with Crippen LogP contribution in [0.2, 0.25) is 0 Å². The fraction of sp³-hybridized carbons (Fsp3) is 0.400. The molecule has 2 aliphatic heterocycles. The van der Waals surface area contributed by atoms with Gasteiger partial charge in [0.1, 0.15) is 37.6 Å². The molecule has 10 nitrogen and oxygen atoms in total. The lowest BCUT2D eigenvalue weighted by molar-refractivity contribution is -0.349. The van der Waals surface area contributed by atoms with E-state index in [4.69, 9.17) is 33.2 Å². The van der Waals surface area contributed by atoms with Crippen LogP contribution in [-0.2, 0) is 44.6 Å². The molecule has 2 aliphatic rings. The van der Waals surface area contributed by atoms with Gasteiger partial charge in [-0.3, -0.25) is 0 Å². The number of hydrogen-bond acceptors (Lipinski definition) is 9. The van der Waals surface area contributed by atoms with E-state index in [-0.39, 0.29) is 26.4 Å². The van der Waals surface area contributed by atoms with Crippen molar-refractivity contribution in [2.45, 2.75) is 56.6 Å². The van der Waals surface area contributed by atoms with E-state index in [1.54, 1.807) is 13.0 Å². The molecule has 40 heavy (non-hydrogen) atoms. The van der Waals surface area contributed by atoms with Crippen LogP contribution in [0.15, 0.2) is 86.0 Å². The molecule has 2 saturated heterocycles. The summed E-state index contributed by atoms with van der Waals surface area (Å²) < 4.78 is 41.2. The molecular weight excluding hydrogens is 518 g/mol. The van der Waals surface area contributed by atoms with E-state index in [0.29, 0.717) is 0 Å². The molecule has 0 aromatic heterocycles. The molecule has 1 N–H and O–H groups in total. The number of rotatable bonds is 12. The van der Waals surface area contributed by atoms with Crippen molar-refractivity contribution < 1.29 is 42.7 Å². The number of nitrogens with one attached hydrogen (secondary N) is 1. The Morgan fingerprint density at radius 1 is 1.00 bits per heavy atom. The topological polar surface area (TPSA) is 111 Å². The van der Waals surface area contributed by atoms with Gasteiger partial charge < -0.3 is 38.5 Å². The SMILES string of the molecule is C=CCOC(=O)N[C@H]1[C@@H](OCC=C)O[C@@H]2COC(c3ccccc3)O[C@H]2[C@@H]1OC(C)C(=O)OCc1ccccc1. The summed E-state index contributed by atoms with van der Waals surface area (Å²) in [6.45, 7) is 9.22. The highest BCUT2D eigenvalue weighted by molar-refractivity contribution is 5.74. The lowest BCUT2D eigenvalue weighted by Gasteiger charge is -2.49. The Kier molecular flexibility index (Phi) is 10.8. The number of hydrogen-bond donors (Lipinski definition) is 1. The lowest BCUT2D eigenvalue weighted by atomic mass is 9.95. The summed E-state index contributed by atoms with van der Waals surface area (Å²) in [5.41, 5.74) is 1.64. The predicted molar refractivity (Wildman–Crippen MR) is 144 cm³/mol. The van der Waals surface area contributed by atoms with Crippen LogP contribution in [-0.4, -0.2) is 68.6 Å². The first-order valence-electron chi connectivity index (χ1n) is 13.1. The van der Waals surface area contributed by atoms with Crippen molar-refractivity contribution in [1.82, 2.24) is 5.32 Å². The fourth-order valence-corrected chi connectivity index (χ4v) is 4.42. The van der Waals surface area contributed by atoms with Crippen LogP contribution in [0, 0.1) is 0 Å². The third-order valence-corrected chi connectivity index (χ3v) is 6.32. The first-order chi connectivity index (χ1) is 19.5. The van der Waals surface area contributed by atoms with E-state index in [1.165, 1.54) is 6.08 Å². The van der Waals surface area contributed by atoms with Gasteiger partial charge in [0.25, 0.3) is 0 Å². The second kappa shape index (κ2) is 14.7. The monoisotopic (exact) mass is 553 g/mol. The summed E-state index contributed by atoms with van der Waals surface area (Å²) in [5, 5.41) is 2.76. The summed E-state index contributed by atoms with van der Waals surface area (Å²) in [6.07, 6.45) is -2.69. The van der Waals surface area contributed by atoms with Crippen LogP contribution in [0.5, 0.6) is 0 Å². The van der Waals surface area contributed by atoms with Gasteiger partial charge in [-0.05, 0) is 12.5 Å². The number of esters is 1. The number of benzene rings is 2. The molecule has 0 spiro atoms. The van der Waals surface area contributed by atoms with Crippen molar-refractivity contribution in [2.24, 2.45) is 0 Å². The molecule has 214 valence electrons. The number of ether oxygens (including phenoxy) is 7. The van der Waals surface area contributed by atoms with E-state index in [0.717, 1.165) is 11.1 Å². The molecule has 0 bridgehead atoms. The fourth-order valence-electron chi connectivity index (χ4n) is 4.42. The molecule has 1 amide bonds. The van der Waals surface area contributed by atoms with E-state index in [2.05, 4.69) is 18.5 Å². The molecule has 2 aromatic carbocycles. The number of fused-ring (bicyclic) bond motifs is 1. The Balaban J connectivity index is 1.56. The maximum absolute atomic E-state index is 12.9. The van der Waals surface area contributed by atoms with Crippen LogP contribution in [0.4, 0.5) is 4.79 Å². The van der Waals surface area contributed by atoms with E-state index < -0.39 is 55.1 Å². The van der Waals surface area contributed by atoms with Gasteiger partial charge in [0, 0.05) is 5.56 Å². The Bertz CT molecular complexity index is 1110. The Labute approximate surface area is 233 Å². The lowest BCUT2D eigenvalue weighted by Crippen LogP contribution is -2.68. The minimum absolute atomic E-state index is 0.00218. The van der Waals surface area contributed by atoms with E-state index in [1.807, 2.05) is 60.7 Å². The van der Waals surface area contributed by atoms with Crippen LogP contribution < -0.4 is 5.32 Å². The molecule has 2 unspecified atom stereocenters. The molecule has 2 fully saturated rings. The Morgan fingerprint density at radius 3 is 2.40 bits per heavy atom. The number of carbonyl (C=O) groups is 2. The van der Waals surface area contributed by atoms with Crippen LogP contribution >= 0.6 is 0 Å². The zero-order valence-electron chi connectivity index (χ0n) is 22.4. The van der Waals surface area contributed by atoms with Gasteiger partial charge in [0.2, 0.25) is 0 Å². The van der Waals surface area contributed by atoms with Crippen LogP contribution in [0.3, 0.4) is 0 Å². The highest BCUT2D eigenvalue weighted by atomic mass is 16.8. The molecule has 4 rings (SSSR count). The summed E-state index contributed by atoms with van der Waals surface area (Å²) in [5.74, 6) is -0.574. The molecular formula is C30H35NO9. The molecule has 0 radical (unpaired) electrons. The van der Waals surface area contributed by atoms with Gasteiger partial charge in [0.05, 0.1) is 13.2 Å². The van der Waals surface area contributed by atoms with Crippen molar-refractivity contribution in [2.75, 3.05) is 19.8 Å². The maximum atomic E-state index is 12.9. The number of alkyl carbamates (subject to hydrolysis) is 1. The highest BCUT2D eigenvalue weighted by Gasteiger charge is 2.52. The molecule has 0 aliphatic carbocycles. The minimum Gasteiger partial charge on any atom is -0.459 e. The quantitative estimate of drug-likeness (QED) is 0.310. The predicted octanol–water partition coefficient (Wildman–Crippen LogP) is 3.83. The minimum atomic E-state index is -1.01. The number of amides is 1. The molecule has 7 atom stereocenters. The zero-order valence-corrected chi connectivity index (χ0v) is 22.4. The van der Waals surface area contributed by atoms with Crippen LogP contribution in [0.25, 0.3) is 0 Å². The van der Waals surface area contributed by atoms with Crippen molar-refractivity contribution in [3.63, 3.8) is 0 Å².